The van der Waals surface area contributed by atoms with Crippen molar-refractivity contribution in [3.05, 3.63) is 25.3 Å². The highest BCUT2D eigenvalue weighted by Gasteiger charge is 1.96. The van der Waals surface area contributed by atoms with E-state index in [0.29, 0.717) is 0 Å². The van der Waals surface area contributed by atoms with Crippen LogP contribution in [0.2, 0.25) is 0 Å². The summed E-state index contributed by atoms with van der Waals surface area (Å²) in [7, 11) is 0. The molecule has 0 aliphatic heterocycles. The van der Waals surface area contributed by atoms with E-state index in [1.54, 1.807) is 6.08 Å². The van der Waals surface area contributed by atoms with E-state index in [4.69, 9.17) is 0 Å². The van der Waals surface area contributed by atoms with E-state index in [0.717, 1.165) is 0 Å². The Morgan fingerprint density at radius 2 is 2.22 bits per heavy atom. The van der Waals surface area contributed by atoms with Crippen LogP contribution < -0.4 is 5.32 Å². The zero-order valence-corrected chi connectivity index (χ0v) is 5.55. The summed E-state index contributed by atoms with van der Waals surface area (Å²) >= 11 is 0. The molecule has 2 nitrogen and oxygen atoms in total. The molecule has 0 heterocycles. The number of hydrogen-bond donors (Lipinski definition) is 1. The molecule has 1 N–H and O–H groups in total. The zero-order chi connectivity index (χ0) is 7.28. The summed E-state index contributed by atoms with van der Waals surface area (Å²) in [6, 6.07) is 0.0236. The van der Waals surface area contributed by atoms with E-state index >= 15 is 0 Å². The van der Waals surface area contributed by atoms with Crippen LogP contribution in [0.5, 0.6) is 0 Å². The van der Waals surface area contributed by atoms with Gasteiger partial charge in [-0.2, -0.15) is 0 Å². The SMILES string of the molecule is C=CC(=O)NC(C)C=C. The molecule has 1 unspecified atom stereocenters. The van der Waals surface area contributed by atoms with Crippen LogP contribution in [0.3, 0.4) is 0 Å². The van der Waals surface area contributed by atoms with Crippen molar-refractivity contribution < 1.29 is 4.79 Å². The summed E-state index contributed by atoms with van der Waals surface area (Å²) in [5.41, 5.74) is 0. The predicted octanol–water partition coefficient (Wildman–Crippen LogP) is 0.863. The van der Waals surface area contributed by atoms with Crippen molar-refractivity contribution in [3.8, 4) is 0 Å². The molecule has 0 aromatic carbocycles. The average molecular weight is 125 g/mol. The standard InChI is InChI=1S/C7H11NO/c1-4-6(3)8-7(9)5-2/h4-6H,1-2H2,3H3,(H,8,9). The van der Waals surface area contributed by atoms with Gasteiger partial charge in [0, 0.05) is 6.04 Å². The van der Waals surface area contributed by atoms with E-state index in [-0.39, 0.29) is 11.9 Å². The van der Waals surface area contributed by atoms with Crippen LogP contribution in [0.15, 0.2) is 25.3 Å². The summed E-state index contributed by atoms with van der Waals surface area (Å²) in [5, 5.41) is 2.60. The van der Waals surface area contributed by atoms with Crippen molar-refractivity contribution in [1.82, 2.24) is 5.32 Å². The van der Waals surface area contributed by atoms with Gasteiger partial charge in [-0.3, -0.25) is 4.79 Å². The Balaban J connectivity index is 3.58. The van der Waals surface area contributed by atoms with Crippen LogP contribution in [0, 0.1) is 0 Å². The second-order valence-corrected chi connectivity index (χ2v) is 1.74. The van der Waals surface area contributed by atoms with Crippen molar-refractivity contribution in [1.29, 1.82) is 0 Å². The van der Waals surface area contributed by atoms with Gasteiger partial charge in [0.2, 0.25) is 5.91 Å². The number of nitrogens with one attached hydrogen (secondary N) is 1. The van der Waals surface area contributed by atoms with Crippen molar-refractivity contribution in [3.63, 3.8) is 0 Å². The van der Waals surface area contributed by atoms with Crippen molar-refractivity contribution in [2.24, 2.45) is 0 Å². The van der Waals surface area contributed by atoms with Gasteiger partial charge in [-0.05, 0) is 13.0 Å². The first kappa shape index (κ1) is 7.95. The lowest BCUT2D eigenvalue weighted by Gasteiger charge is -2.04. The molecular formula is C7H11NO. The molecule has 0 rings (SSSR count). The fourth-order valence-corrected chi connectivity index (χ4v) is 0.342. The molecule has 0 aromatic heterocycles. The van der Waals surface area contributed by atoms with E-state index in [2.05, 4.69) is 18.5 Å². The van der Waals surface area contributed by atoms with Crippen LogP contribution in [-0.4, -0.2) is 11.9 Å². The number of carbonyl (C=O) groups excluding carboxylic acids is 1. The molecule has 0 aliphatic rings. The second kappa shape index (κ2) is 3.89. The molecule has 0 saturated carbocycles. The van der Waals surface area contributed by atoms with Crippen LogP contribution in [-0.2, 0) is 4.79 Å². The second-order valence-electron chi connectivity index (χ2n) is 1.74. The number of carbonyl (C=O) groups is 1. The molecule has 0 aliphatic carbocycles. The molecular weight excluding hydrogens is 114 g/mol. The molecule has 50 valence electrons. The van der Waals surface area contributed by atoms with E-state index < -0.39 is 0 Å². The summed E-state index contributed by atoms with van der Waals surface area (Å²) in [5.74, 6) is -0.164. The van der Waals surface area contributed by atoms with Gasteiger partial charge < -0.3 is 5.32 Å². The first-order valence-corrected chi connectivity index (χ1v) is 2.76. The fourth-order valence-electron chi connectivity index (χ4n) is 0.342. The lowest BCUT2D eigenvalue weighted by Crippen LogP contribution is -2.28. The molecule has 2 heteroatoms. The third-order valence-corrected chi connectivity index (χ3v) is 0.909. The van der Waals surface area contributed by atoms with Gasteiger partial charge in [0.15, 0.2) is 0 Å². The van der Waals surface area contributed by atoms with Gasteiger partial charge in [0.25, 0.3) is 0 Å². The maximum Gasteiger partial charge on any atom is 0.243 e. The van der Waals surface area contributed by atoms with E-state index in [9.17, 15) is 4.79 Å². The van der Waals surface area contributed by atoms with Gasteiger partial charge in [0.05, 0.1) is 0 Å². The van der Waals surface area contributed by atoms with E-state index in [1.165, 1.54) is 6.08 Å². The maximum atomic E-state index is 10.5. The number of hydrogen-bond acceptors (Lipinski definition) is 1. The van der Waals surface area contributed by atoms with Gasteiger partial charge in [-0.25, -0.2) is 0 Å². The van der Waals surface area contributed by atoms with Gasteiger partial charge in [-0.1, -0.05) is 12.7 Å². The largest absolute Gasteiger partial charge is 0.347 e. The molecule has 0 bridgehead atoms. The normalized spacial score (nSPS) is 11.7. The Morgan fingerprint density at radius 1 is 1.67 bits per heavy atom. The minimum Gasteiger partial charge on any atom is -0.347 e. The predicted molar refractivity (Wildman–Crippen MR) is 38.0 cm³/mol. The van der Waals surface area contributed by atoms with Crippen molar-refractivity contribution >= 4 is 5.91 Å². The first-order chi connectivity index (χ1) is 4.20. The Hall–Kier alpha value is -1.05. The minimum atomic E-state index is -0.164. The van der Waals surface area contributed by atoms with Gasteiger partial charge in [-0.15, -0.1) is 6.58 Å². The molecule has 1 amide bonds. The fraction of sp³-hybridized carbons (Fsp3) is 0.286. The summed E-state index contributed by atoms with van der Waals surface area (Å²) in [4.78, 5) is 10.5. The molecule has 0 aromatic rings. The van der Waals surface area contributed by atoms with E-state index in [1.807, 2.05) is 6.92 Å². The van der Waals surface area contributed by atoms with Crippen LogP contribution in [0.25, 0.3) is 0 Å². The quantitative estimate of drug-likeness (QED) is 0.440. The molecule has 1 atom stereocenters. The smallest absolute Gasteiger partial charge is 0.243 e. The number of rotatable bonds is 3. The lowest BCUT2D eigenvalue weighted by atomic mass is 10.3. The third kappa shape index (κ3) is 3.53. The maximum absolute atomic E-state index is 10.5. The molecule has 0 fully saturated rings. The first-order valence-electron chi connectivity index (χ1n) is 2.76. The van der Waals surface area contributed by atoms with Crippen LogP contribution >= 0.6 is 0 Å². The van der Waals surface area contributed by atoms with Gasteiger partial charge >= 0.3 is 0 Å². The van der Waals surface area contributed by atoms with Crippen LogP contribution in [0.4, 0.5) is 0 Å². The van der Waals surface area contributed by atoms with Crippen LogP contribution in [0.1, 0.15) is 6.92 Å². The molecule has 9 heavy (non-hydrogen) atoms. The summed E-state index contributed by atoms with van der Waals surface area (Å²) < 4.78 is 0. The topological polar surface area (TPSA) is 29.1 Å². The molecule has 0 spiro atoms. The summed E-state index contributed by atoms with van der Waals surface area (Å²) in [6.45, 7) is 8.64. The van der Waals surface area contributed by atoms with Gasteiger partial charge in [0.1, 0.15) is 0 Å². The monoisotopic (exact) mass is 125 g/mol. The minimum absolute atomic E-state index is 0.0236. The Morgan fingerprint density at radius 3 is 2.56 bits per heavy atom. The highest BCUT2D eigenvalue weighted by Crippen LogP contribution is 1.80. The summed E-state index contributed by atoms with van der Waals surface area (Å²) in [6.07, 6.45) is 2.89. The lowest BCUT2D eigenvalue weighted by molar-refractivity contribution is -0.116. The Bertz CT molecular complexity index is 129. The highest BCUT2D eigenvalue weighted by atomic mass is 16.1. The van der Waals surface area contributed by atoms with Crippen molar-refractivity contribution in [2.45, 2.75) is 13.0 Å². The molecule has 0 saturated heterocycles. The Kier molecular flexibility index (Phi) is 3.44. The average Bonchev–Trinajstić information content (AvgIpc) is 1.87. The highest BCUT2D eigenvalue weighted by molar-refractivity contribution is 5.87. The van der Waals surface area contributed by atoms with Crippen molar-refractivity contribution in [2.75, 3.05) is 0 Å². The number of amides is 1. The molecule has 0 radical (unpaired) electrons. The Labute approximate surface area is 55.3 Å². The zero-order valence-electron chi connectivity index (χ0n) is 5.55. The third-order valence-electron chi connectivity index (χ3n) is 0.909.